The van der Waals surface area contributed by atoms with Crippen molar-refractivity contribution in [3.63, 3.8) is 0 Å². The lowest BCUT2D eigenvalue weighted by Crippen LogP contribution is -2.28. The van der Waals surface area contributed by atoms with Gasteiger partial charge in [0.15, 0.2) is 0 Å². The third kappa shape index (κ3) is 5.06. The largest absolute Gasteiger partial charge is 0.385 e. The Hall–Kier alpha value is -2.89. The van der Waals surface area contributed by atoms with Crippen molar-refractivity contribution in [1.82, 2.24) is 10.6 Å². The fourth-order valence-electron chi connectivity index (χ4n) is 2.90. The van der Waals surface area contributed by atoms with E-state index in [-0.39, 0.29) is 12.5 Å². The van der Waals surface area contributed by atoms with Gasteiger partial charge in [0.25, 0.3) is 5.91 Å². The number of carbonyl (C=O) groups is 1. The lowest BCUT2D eigenvalue weighted by molar-refractivity contribution is -0.253. The van der Waals surface area contributed by atoms with Gasteiger partial charge in [0.05, 0.1) is 0 Å². The van der Waals surface area contributed by atoms with Crippen molar-refractivity contribution in [2.75, 3.05) is 6.54 Å². The van der Waals surface area contributed by atoms with E-state index < -0.39 is 0 Å². The summed E-state index contributed by atoms with van der Waals surface area (Å²) in [6.45, 7) is 4.55. The van der Waals surface area contributed by atoms with E-state index in [2.05, 4.69) is 28.5 Å². The molecule has 1 amide bonds. The summed E-state index contributed by atoms with van der Waals surface area (Å²) in [6, 6.07) is 13.9. The number of benzene rings is 2. The van der Waals surface area contributed by atoms with Crippen molar-refractivity contribution < 1.29 is 14.9 Å². The quantitative estimate of drug-likeness (QED) is 0.538. The highest BCUT2D eigenvalue weighted by Gasteiger charge is 2.11. The van der Waals surface area contributed by atoms with Gasteiger partial charge in [-0.2, -0.15) is 0 Å². The topological polar surface area (TPSA) is 70.6 Å². The van der Waals surface area contributed by atoms with Gasteiger partial charge in [-0.3, -0.25) is 10.1 Å². The SMILES string of the molecule is Cc1ccc(-c2cc(COO)cc(C(=O)NCC3=CNC(C)C=C3)c2)cc1. The summed E-state index contributed by atoms with van der Waals surface area (Å²) in [5, 5.41) is 15.0. The average Bonchev–Trinajstić information content (AvgIpc) is 2.68. The first kappa shape index (κ1) is 18.9. The lowest BCUT2D eigenvalue weighted by atomic mass is 9.99. The summed E-state index contributed by atoms with van der Waals surface area (Å²) in [5.41, 5.74) is 5.35. The van der Waals surface area contributed by atoms with Crippen LogP contribution in [0.2, 0.25) is 0 Å². The molecule has 2 aromatic carbocycles. The normalized spacial score (nSPS) is 15.8. The van der Waals surface area contributed by atoms with Gasteiger partial charge in [0.1, 0.15) is 6.61 Å². The second-order valence-electron chi connectivity index (χ2n) is 6.77. The Balaban J connectivity index is 1.79. The highest BCUT2D eigenvalue weighted by atomic mass is 17.1. The maximum Gasteiger partial charge on any atom is 0.251 e. The van der Waals surface area contributed by atoms with Crippen LogP contribution in [-0.4, -0.2) is 23.8 Å². The molecule has 3 rings (SSSR count). The Bertz CT molecular complexity index is 870. The number of carbonyl (C=O) groups excluding carboxylic acids is 1. The van der Waals surface area contributed by atoms with Crippen LogP contribution in [0.3, 0.4) is 0 Å². The van der Waals surface area contributed by atoms with Crippen LogP contribution in [0.5, 0.6) is 0 Å². The molecular formula is C22H24N2O3. The van der Waals surface area contributed by atoms with E-state index in [0.29, 0.717) is 18.2 Å². The fourth-order valence-corrected chi connectivity index (χ4v) is 2.90. The second kappa shape index (κ2) is 8.66. The van der Waals surface area contributed by atoms with Crippen LogP contribution in [0, 0.1) is 6.92 Å². The molecule has 0 saturated heterocycles. The van der Waals surface area contributed by atoms with Crippen molar-refractivity contribution in [3.05, 3.63) is 83.1 Å². The fraction of sp³-hybridized carbons (Fsp3) is 0.227. The molecule has 1 atom stereocenters. The molecule has 0 saturated carbocycles. The van der Waals surface area contributed by atoms with Crippen molar-refractivity contribution in [1.29, 1.82) is 0 Å². The highest BCUT2D eigenvalue weighted by molar-refractivity contribution is 5.96. The molecule has 0 fully saturated rings. The first-order valence-electron chi connectivity index (χ1n) is 8.94. The Kier molecular flexibility index (Phi) is 6.06. The summed E-state index contributed by atoms with van der Waals surface area (Å²) < 4.78 is 0. The molecule has 3 N–H and O–H groups in total. The monoisotopic (exact) mass is 364 g/mol. The summed E-state index contributed by atoms with van der Waals surface area (Å²) in [6.07, 6.45) is 5.98. The molecule has 0 aromatic heterocycles. The standard InChI is InChI=1S/C22H24N2O3/c1-15-3-7-19(8-4-15)20-9-18(14-27-26)10-21(11-20)22(25)24-13-17-6-5-16(2)23-12-17/h3-12,16,23,26H,13-14H2,1-2H3,(H,24,25). The van der Waals surface area contributed by atoms with E-state index in [0.717, 1.165) is 22.3 Å². The molecule has 1 unspecified atom stereocenters. The highest BCUT2D eigenvalue weighted by Crippen LogP contribution is 2.23. The zero-order valence-corrected chi connectivity index (χ0v) is 15.5. The van der Waals surface area contributed by atoms with E-state index in [1.807, 2.05) is 55.6 Å². The minimum Gasteiger partial charge on any atom is -0.385 e. The van der Waals surface area contributed by atoms with Crippen molar-refractivity contribution in [2.24, 2.45) is 0 Å². The van der Waals surface area contributed by atoms with Crippen LogP contribution in [0.25, 0.3) is 11.1 Å². The molecule has 1 heterocycles. The smallest absolute Gasteiger partial charge is 0.251 e. The molecule has 1 aliphatic rings. The average molecular weight is 364 g/mol. The molecule has 5 nitrogen and oxygen atoms in total. The van der Waals surface area contributed by atoms with Crippen LogP contribution in [0.4, 0.5) is 0 Å². The van der Waals surface area contributed by atoms with Gasteiger partial charge >= 0.3 is 0 Å². The maximum absolute atomic E-state index is 12.7. The summed E-state index contributed by atoms with van der Waals surface area (Å²) >= 11 is 0. The number of amides is 1. The van der Waals surface area contributed by atoms with Gasteiger partial charge in [-0.05, 0) is 54.3 Å². The van der Waals surface area contributed by atoms with E-state index in [1.165, 1.54) is 5.56 Å². The summed E-state index contributed by atoms with van der Waals surface area (Å²) in [4.78, 5) is 16.9. The maximum atomic E-state index is 12.7. The van der Waals surface area contributed by atoms with Gasteiger partial charge in [-0.15, -0.1) is 0 Å². The first-order valence-corrected chi connectivity index (χ1v) is 8.94. The lowest BCUT2D eigenvalue weighted by Gasteiger charge is -2.15. The number of rotatable bonds is 6. The Morgan fingerprint density at radius 1 is 1.19 bits per heavy atom. The van der Waals surface area contributed by atoms with Gasteiger partial charge < -0.3 is 10.6 Å². The summed E-state index contributed by atoms with van der Waals surface area (Å²) in [5.74, 6) is -0.170. The van der Waals surface area contributed by atoms with Crippen molar-refractivity contribution in [2.45, 2.75) is 26.5 Å². The minimum atomic E-state index is -0.170. The second-order valence-corrected chi connectivity index (χ2v) is 6.77. The molecular weight excluding hydrogens is 340 g/mol. The van der Waals surface area contributed by atoms with E-state index >= 15 is 0 Å². The number of dihydropyridines is 1. The zero-order valence-electron chi connectivity index (χ0n) is 15.5. The van der Waals surface area contributed by atoms with Crippen LogP contribution >= 0.6 is 0 Å². The number of nitrogens with one attached hydrogen (secondary N) is 2. The number of aryl methyl sites for hydroxylation is 1. The Morgan fingerprint density at radius 3 is 2.63 bits per heavy atom. The van der Waals surface area contributed by atoms with Gasteiger partial charge in [-0.1, -0.05) is 42.0 Å². The third-order valence-corrected chi connectivity index (χ3v) is 4.45. The molecule has 0 spiro atoms. The van der Waals surface area contributed by atoms with E-state index in [1.54, 1.807) is 6.07 Å². The van der Waals surface area contributed by atoms with Crippen LogP contribution in [-0.2, 0) is 11.5 Å². The number of hydrogen-bond acceptors (Lipinski definition) is 4. The predicted octanol–water partition coefficient (Wildman–Crippen LogP) is 3.81. The molecule has 1 aliphatic heterocycles. The molecule has 0 radical (unpaired) electrons. The zero-order chi connectivity index (χ0) is 19.2. The minimum absolute atomic E-state index is 0.0235. The molecule has 0 bridgehead atoms. The van der Waals surface area contributed by atoms with Gasteiger partial charge in [0.2, 0.25) is 0 Å². The molecule has 27 heavy (non-hydrogen) atoms. The molecule has 5 heteroatoms. The first-order chi connectivity index (χ1) is 13.0. The Morgan fingerprint density at radius 2 is 1.96 bits per heavy atom. The Labute approximate surface area is 159 Å². The van der Waals surface area contributed by atoms with Crippen LogP contribution in [0.1, 0.15) is 28.4 Å². The van der Waals surface area contributed by atoms with Gasteiger partial charge in [-0.25, -0.2) is 4.89 Å². The van der Waals surface area contributed by atoms with Crippen LogP contribution in [0.15, 0.2) is 66.4 Å². The van der Waals surface area contributed by atoms with E-state index in [4.69, 9.17) is 5.26 Å². The summed E-state index contributed by atoms with van der Waals surface area (Å²) in [7, 11) is 0. The predicted molar refractivity (Wildman–Crippen MR) is 106 cm³/mol. The number of hydrogen-bond donors (Lipinski definition) is 3. The molecule has 140 valence electrons. The van der Waals surface area contributed by atoms with Crippen molar-refractivity contribution >= 4 is 5.91 Å². The van der Waals surface area contributed by atoms with Crippen molar-refractivity contribution in [3.8, 4) is 11.1 Å². The van der Waals surface area contributed by atoms with Crippen LogP contribution < -0.4 is 10.6 Å². The molecule has 2 aromatic rings. The van der Waals surface area contributed by atoms with E-state index in [9.17, 15) is 4.79 Å². The molecule has 0 aliphatic carbocycles. The van der Waals surface area contributed by atoms with Gasteiger partial charge in [0, 0.05) is 24.4 Å². The third-order valence-electron chi connectivity index (χ3n) is 4.45.